The van der Waals surface area contributed by atoms with Crippen molar-refractivity contribution in [2.75, 3.05) is 39.8 Å². The maximum Gasteiger partial charge on any atom is 0.258 e. The van der Waals surface area contributed by atoms with Crippen LogP contribution >= 0.6 is 12.4 Å². The van der Waals surface area contributed by atoms with Gasteiger partial charge in [-0.2, -0.15) is 0 Å². The summed E-state index contributed by atoms with van der Waals surface area (Å²) in [6.07, 6.45) is 1.01. The fourth-order valence-electron chi connectivity index (χ4n) is 2.52. The summed E-state index contributed by atoms with van der Waals surface area (Å²) in [5.74, 6) is 0.819. The van der Waals surface area contributed by atoms with Crippen molar-refractivity contribution in [2.24, 2.45) is 5.92 Å². The highest BCUT2D eigenvalue weighted by Gasteiger charge is 2.25. The second kappa shape index (κ2) is 10.1. The highest BCUT2D eigenvalue weighted by Crippen LogP contribution is 2.15. The van der Waals surface area contributed by atoms with Gasteiger partial charge >= 0.3 is 0 Å². The number of likely N-dealkylation sites (tertiary alicyclic amines) is 1. The zero-order chi connectivity index (χ0) is 15.8. The number of nitrogens with one attached hydrogen (secondary N) is 2. The maximum atomic E-state index is 12.0. The molecule has 0 saturated carbocycles. The Morgan fingerprint density at radius 3 is 2.74 bits per heavy atom. The lowest BCUT2D eigenvalue weighted by atomic mass is 10.1. The molecule has 0 bridgehead atoms. The highest BCUT2D eigenvalue weighted by atomic mass is 35.5. The molecule has 1 aliphatic rings. The van der Waals surface area contributed by atoms with E-state index in [0.717, 1.165) is 26.1 Å². The van der Waals surface area contributed by atoms with Crippen LogP contribution in [0.15, 0.2) is 30.3 Å². The molecule has 1 aliphatic heterocycles. The molecule has 0 aliphatic carbocycles. The molecule has 6 nitrogen and oxygen atoms in total. The molecule has 1 unspecified atom stereocenters. The lowest BCUT2D eigenvalue weighted by molar-refractivity contribution is -0.132. The number of rotatable bonds is 7. The SMILES string of the molecule is CNCC1CCN(C(=O)CNC(=O)COc2ccccc2)C1.Cl. The molecule has 1 aromatic carbocycles. The summed E-state index contributed by atoms with van der Waals surface area (Å²) in [6.45, 7) is 2.39. The van der Waals surface area contributed by atoms with Crippen molar-refractivity contribution in [2.45, 2.75) is 6.42 Å². The van der Waals surface area contributed by atoms with Crippen molar-refractivity contribution in [1.29, 1.82) is 0 Å². The van der Waals surface area contributed by atoms with E-state index in [1.54, 1.807) is 17.0 Å². The molecule has 1 atom stereocenters. The molecule has 0 aromatic heterocycles. The van der Waals surface area contributed by atoms with Crippen molar-refractivity contribution in [3.05, 3.63) is 30.3 Å². The van der Waals surface area contributed by atoms with E-state index in [2.05, 4.69) is 10.6 Å². The first kappa shape index (κ1) is 19.3. The summed E-state index contributed by atoms with van der Waals surface area (Å²) in [5.41, 5.74) is 0. The Kier molecular flexibility index (Phi) is 8.43. The lowest BCUT2D eigenvalue weighted by Crippen LogP contribution is -2.40. The molecule has 0 spiro atoms. The van der Waals surface area contributed by atoms with Crippen molar-refractivity contribution < 1.29 is 14.3 Å². The molecular weight excluding hydrogens is 318 g/mol. The minimum Gasteiger partial charge on any atom is -0.484 e. The molecule has 2 amide bonds. The standard InChI is InChI=1S/C16H23N3O3.ClH/c1-17-9-13-7-8-19(11-13)16(21)10-18-15(20)12-22-14-5-3-2-4-6-14;/h2-6,13,17H,7-12H2,1H3,(H,18,20);1H. The van der Waals surface area contributed by atoms with Crippen LogP contribution in [-0.2, 0) is 9.59 Å². The zero-order valence-corrected chi connectivity index (χ0v) is 14.1. The second-order valence-electron chi connectivity index (χ2n) is 5.43. The van der Waals surface area contributed by atoms with Gasteiger partial charge in [0.15, 0.2) is 6.61 Å². The summed E-state index contributed by atoms with van der Waals surface area (Å²) < 4.78 is 5.33. The number of ether oxygens (including phenoxy) is 1. The van der Waals surface area contributed by atoms with Gasteiger partial charge in [-0.05, 0) is 38.1 Å². The summed E-state index contributed by atoms with van der Waals surface area (Å²) in [4.78, 5) is 25.5. The number of para-hydroxylation sites is 1. The van der Waals surface area contributed by atoms with Gasteiger partial charge in [-0.25, -0.2) is 0 Å². The van der Waals surface area contributed by atoms with Crippen LogP contribution in [-0.4, -0.2) is 56.5 Å². The fourth-order valence-corrected chi connectivity index (χ4v) is 2.52. The lowest BCUT2D eigenvalue weighted by Gasteiger charge is -2.17. The van der Waals surface area contributed by atoms with Gasteiger partial charge in [0.25, 0.3) is 5.91 Å². The van der Waals surface area contributed by atoms with E-state index in [9.17, 15) is 9.59 Å². The average Bonchev–Trinajstić information content (AvgIpc) is 3.01. The zero-order valence-electron chi connectivity index (χ0n) is 13.3. The first-order valence-corrected chi connectivity index (χ1v) is 7.56. The molecule has 1 fully saturated rings. The molecule has 23 heavy (non-hydrogen) atoms. The van der Waals surface area contributed by atoms with Crippen molar-refractivity contribution in [3.8, 4) is 5.75 Å². The molecule has 2 rings (SSSR count). The van der Waals surface area contributed by atoms with Crippen LogP contribution in [0.1, 0.15) is 6.42 Å². The predicted molar refractivity (Wildman–Crippen MR) is 90.8 cm³/mol. The van der Waals surface area contributed by atoms with E-state index in [1.165, 1.54) is 0 Å². The number of hydrogen-bond acceptors (Lipinski definition) is 4. The smallest absolute Gasteiger partial charge is 0.258 e. The summed E-state index contributed by atoms with van der Waals surface area (Å²) in [6, 6.07) is 9.12. The third-order valence-electron chi connectivity index (χ3n) is 3.68. The van der Waals surface area contributed by atoms with E-state index in [1.807, 2.05) is 25.2 Å². The van der Waals surface area contributed by atoms with Crippen LogP contribution < -0.4 is 15.4 Å². The van der Waals surface area contributed by atoms with Gasteiger partial charge in [0.05, 0.1) is 6.54 Å². The predicted octanol–water partition coefficient (Wildman–Crippen LogP) is 0.671. The Bertz CT molecular complexity index is 499. The summed E-state index contributed by atoms with van der Waals surface area (Å²) >= 11 is 0. The molecule has 0 radical (unpaired) electrons. The van der Waals surface area contributed by atoms with E-state index < -0.39 is 0 Å². The van der Waals surface area contributed by atoms with Crippen LogP contribution in [0.5, 0.6) is 5.75 Å². The Hall–Kier alpha value is -1.79. The number of halogens is 1. The van der Waals surface area contributed by atoms with E-state index in [0.29, 0.717) is 11.7 Å². The molecule has 1 aromatic rings. The third kappa shape index (κ3) is 6.46. The summed E-state index contributed by atoms with van der Waals surface area (Å²) in [7, 11) is 1.91. The van der Waals surface area contributed by atoms with Gasteiger partial charge in [-0.3, -0.25) is 9.59 Å². The number of benzene rings is 1. The van der Waals surface area contributed by atoms with Crippen molar-refractivity contribution in [3.63, 3.8) is 0 Å². The van der Waals surface area contributed by atoms with Gasteiger partial charge in [0, 0.05) is 13.1 Å². The minimum atomic E-state index is -0.289. The molecule has 7 heteroatoms. The van der Waals surface area contributed by atoms with Gasteiger partial charge < -0.3 is 20.3 Å². The number of hydrogen-bond donors (Lipinski definition) is 2. The van der Waals surface area contributed by atoms with Crippen LogP contribution in [0.4, 0.5) is 0 Å². The molecule has 1 heterocycles. The Labute approximate surface area is 143 Å². The quantitative estimate of drug-likeness (QED) is 0.765. The van der Waals surface area contributed by atoms with Gasteiger partial charge in [-0.1, -0.05) is 18.2 Å². The number of nitrogens with zero attached hydrogens (tertiary/aromatic N) is 1. The molecular formula is C16H24ClN3O3. The van der Waals surface area contributed by atoms with Crippen LogP contribution in [0.25, 0.3) is 0 Å². The Balaban J connectivity index is 0.00000264. The minimum absolute atomic E-state index is 0. The first-order valence-electron chi connectivity index (χ1n) is 7.56. The van der Waals surface area contributed by atoms with Gasteiger partial charge in [-0.15, -0.1) is 12.4 Å². The van der Waals surface area contributed by atoms with Gasteiger partial charge in [0.2, 0.25) is 5.91 Å². The fraction of sp³-hybridized carbons (Fsp3) is 0.500. The van der Waals surface area contributed by atoms with Crippen LogP contribution in [0, 0.1) is 5.92 Å². The normalized spacial score (nSPS) is 16.6. The second-order valence-corrected chi connectivity index (χ2v) is 5.43. The Morgan fingerprint density at radius 1 is 1.30 bits per heavy atom. The van der Waals surface area contributed by atoms with Gasteiger partial charge in [0.1, 0.15) is 5.75 Å². The summed E-state index contributed by atoms with van der Waals surface area (Å²) in [5, 5.41) is 5.73. The Morgan fingerprint density at radius 2 is 2.04 bits per heavy atom. The average molecular weight is 342 g/mol. The number of carbonyl (C=O) groups is 2. The first-order chi connectivity index (χ1) is 10.7. The monoisotopic (exact) mass is 341 g/mol. The van der Waals surface area contributed by atoms with E-state index in [-0.39, 0.29) is 37.4 Å². The molecule has 2 N–H and O–H groups in total. The van der Waals surface area contributed by atoms with Crippen molar-refractivity contribution >= 4 is 24.2 Å². The number of amides is 2. The molecule has 1 saturated heterocycles. The van der Waals surface area contributed by atoms with Crippen LogP contribution in [0.3, 0.4) is 0 Å². The number of carbonyl (C=O) groups excluding carboxylic acids is 2. The largest absolute Gasteiger partial charge is 0.484 e. The highest BCUT2D eigenvalue weighted by molar-refractivity contribution is 5.85. The maximum absolute atomic E-state index is 12.0. The van der Waals surface area contributed by atoms with E-state index in [4.69, 9.17) is 4.74 Å². The third-order valence-corrected chi connectivity index (χ3v) is 3.68. The van der Waals surface area contributed by atoms with E-state index >= 15 is 0 Å². The topological polar surface area (TPSA) is 70.7 Å². The van der Waals surface area contributed by atoms with Crippen LogP contribution in [0.2, 0.25) is 0 Å². The molecule has 128 valence electrons. The van der Waals surface area contributed by atoms with Crippen molar-refractivity contribution in [1.82, 2.24) is 15.5 Å².